The van der Waals surface area contributed by atoms with Crippen molar-refractivity contribution in [2.75, 3.05) is 14.2 Å². The maximum atomic E-state index is 5.18. The minimum atomic E-state index is 0.542. The highest BCUT2D eigenvalue weighted by molar-refractivity contribution is 4.85. The van der Waals surface area contributed by atoms with Crippen LogP contribution in [0.3, 0.4) is 0 Å². The molecule has 1 fully saturated rings. The normalized spacial score (nSPS) is 35.1. The van der Waals surface area contributed by atoms with Crippen molar-refractivity contribution in [3.8, 4) is 0 Å². The average molecular weight is 143 g/mol. The van der Waals surface area contributed by atoms with E-state index in [-0.39, 0.29) is 0 Å². The van der Waals surface area contributed by atoms with Crippen molar-refractivity contribution in [1.82, 2.24) is 5.32 Å². The molecule has 0 aromatic carbocycles. The Bertz CT molecular complexity index is 99.4. The van der Waals surface area contributed by atoms with Crippen molar-refractivity contribution in [2.24, 2.45) is 5.92 Å². The summed E-state index contributed by atoms with van der Waals surface area (Å²) < 4.78 is 5.18. The van der Waals surface area contributed by atoms with E-state index >= 15 is 0 Å². The highest BCUT2D eigenvalue weighted by atomic mass is 16.5. The van der Waals surface area contributed by atoms with Gasteiger partial charge in [-0.05, 0) is 32.7 Å². The van der Waals surface area contributed by atoms with E-state index in [4.69, 9.17) is 4.74 Å². The zero-order chi connectivity index (χ0) is 7.56. The molecule has 1 N–H and O–H groups in total. The van der Waals surface area contributed by atoms with Crippen LogP contribution in [-0.2, 0) is 4.74 Å². The van der Waals surface area contributed by atoms with E-state index in [1.807, 2.05) is 7.05 Å². The summed E-state index contributed by atoms with van der Waals surface area (Å²) in [6.07, 6.45) is 3.01. The molecule has 0 spiro atoms. The summed E-state index contributed by atoms with van der Waals surface area (Å²) in [5, 5.41) is 3.26. The molecule has 0 saturated heterocycles. The van der Waals surface area contributed by atoms with Crippen LogP contribution in [-0.4, -0.2) is 26.3 Å². The molecule has 10 heavy (non-hydrogen) atoms. The Hall–Kier alpha value is -0.0800. The fourth-order valence-corrected chi connectivity index (χ4v) is 1.44. The Morgan fingerprint density at radius 2 is 2.10 bits per heavy atom. The first-order valence-electron chi connectivity index (χ1n) is 3.98. The molecule has 1 aliphatic rings. The summed E-state index contributed by atoms with van der Waals surface area (Å²) in [5.41, 5.74) is 0. The van der Waals surface area contributed by atoms with Crippen molar-refractivity contribution >= 4 is 0 Å². The molecule has 2 heteroatoms. The lowest BCUT2D eigenvalue weighted by Crippen LogP contribution is -2.42. The number of rotatable bonds is 3. The highest BCUT2D eigenvalue weighted by Gasteiger charge is 2.31. The predicted octanol–water partition coefficient (Wildman–Crippen LogP) is 1.02. The van der Waals surface area contributed by atoms with Gasteiger partial charge >= 0.3 is 0 Å². The SMILES string of the molecule is CN[C@H](C)C1CC(OC)C1. The van der Waals surface area contributed by atoms with E-state index in [1.165, 1.54) is 12.8 Å². The zero-order valence-corrected chi connectivity index (χ0v) is 7.05. The molecule has 0 amide bonds. The maximum Gasteiger partial charge on any atom is 0.0577 e. The highest BCUT2D eigenvalue weighted by Crippen LogP contribution is 2.31. The van der Waals surface area contributed by atoms with Crippen LogP contribution in [0.25, 0.3) is 0 Å². The van der Waals surface area contributed by atoms with E-state index in [1.54, 1.807) is 7.11 Å². The van der Waals surface area contributed by atoms with Gasteiger partial charge < -0.3 is 10.1 Å². The van der Waals surface area contributed by atoms with Gasteiger partial charge in [-0.25, -0.2) is 0 Å². The molecule has 0 unspecified atom stereocenters. The number of ether oxygens (including phenoxy) is 1. The summed E-state index contributed by atoms with van der Waals surface area (Å²) in [5.74, 6) is 0.843. The molecule has 0 aromatic heterocycles. The molecule has 0 bridgehead atoms. The second-order valence-corrected chi connectivity index (χ2v) is 3.17. The van der Waals surface area contributed by atoms with E-state index in [0.717, 1.165) is 5.92 Å². The third-order valence-corrected chi connectivity index (χ3v) is 2.63. The first-order chi connectivity index (χ1) is 4.77. The quantitative estimate of drug-likeness (QED) is 0.637. The van der Waals surface area contributed by atoms with E-state index < -0.39 is 0 Å². The standard InChI is InChI=1S/C8H17NO/c1-6(9-2)7-4-8(5-7)10-3/h6-9H,4-5H2,1-3H3/t6-,7?,8?/m1/s1. The van der Waals surface area contributed by atoms with Crippen LogP contribution in [0.4, 0.5) is 0 Å². The Morgan fingerprint density at radius 3 is 2.50 bits per heavy atom. The van der Waals surface area contributed by atoms with Gasteiger partial charge in [0, 0.05) is 13.2 Å². The van der Waals surface area contributed by atoms with Crippen LogP contribution >= 0.6 is 0 Å². The van der Waals surface area contributed by atoms with Crippen molar-refractivity contribution < 1.29 is 4.74 Å². The number of nitrogens with one attached hydrogen (secondary N) is 1. The fourth-order valence-electron chi connectivity index (χ4n) is 1.44. The van der Waals surface area contributed by atoms with Gasteiger partial charge in [-0.1, -0.05) is 0 Å². The molecule has 0 aliphatic heterocycles. The molecule has 0 radical (unpaired) electrons. The third-order valence-electron chi connectivity index (χ3n) is 2.63. The van der Waals surface area contributed by atoms with Crippen molar-refractivity contribution in [1.29, 1.82) is 0 Å². The summed E-state index contributed by atoms with van der Waals surface area (Å²) in [6, 6.07) is 0.659. The third kappa shape index (κ3) is 1.50. The Kier molecular flexibility index (Phi) is 2.69. The fraction of sp³-hybridized carbons (Fsp3) is 1.00. The first-order valence-corrected chi connectivity index (χ1v) is 3.98. The van der Waals surface area contributed by atoms with Crippen LogP contribution in [0.2, 0.25) is 0 Å². The van der Waals surface area contributed by atoms with E-state index in [9.17, 15) is 0 Å². The summed E-state index contributed by atoms with van der Waals surface area (Å²) in [4.78, 5) is 0. The minimum Gasteiger partial charge on any atom is -0.381 e. The summed E-state index contributed by atoms with van der Waals surface area (Å²) in [7, 11) is 3.82. The van der Waals surface area contributed by atoms with Gasteiger partial charge in [0.2, 0.25) is 0 Å². The van der Waals surface area contributed by atoms with Gasteiger partial charge in [0.25, 0.3) is 0 Å². The molecule has 1 rings (SSSR count). The number of methoxy groups -OCH3 is 1. The summed E-state index contributed by atoms with van der Waals surface area (Å²) >= 11 is 0. The van der Waals surface area contributed by atoms with Gasteiger partial charge in [-0.15, -0.1) is 0 Å². The molecule has 1 atom stereocenters. The summed E-state index contributed by atoms with van der Waals surface area (Å²) in [6.45, 7) is 2.23. The van der Waals surface area contributed by atoms with Crippen molar-refractivity contribution in [3.05, 3.63) is 0 Å². The van der Waals surface area contributed by atoms with Gasteiger partial charge in [0.15, 0.2) is 0 Å². The number of hydrogen-bond donors (Lipinski definition) is 1. The number of hydrogen-bond acceptors (Lipinski definition) is 2. The van der Waals surface area contributed by atoms with E-state index in [2.05, 4.69) is 12.2 Å². The van der Waals surface area contributed by atoms with Gasteiger partial charge in [-0.2, -0.15) is 0 Å². The second-order valence-electron chi connectivity index (χ2n) is 3.17. The van der Waals surface area contributed by atoms with Crippen molar-refractivity contribution in [3.63, 3.8) is 0 Å². The Balaban J connectivity index is 2.13. The average Bonchev–Trinajstić information content (AvgIpc) is 1.85. The smallest absolute Gasteiger partial charge is 0.0577 e. The van der Waals surface area contributed by atoms with Crippen LogP contribution < -0.4 is 5.32 Å². The monoisotopic (exact) mass is 143 g/mol. The van der Waals surface area contributed by atoms with Crippen LogP contribution in [0, 0.1) is 5.92 Å². The Labute approximate surface area is 63.0 Å². The zero-order valence-electron chi connectivity index (χ0n) is 7.05. The van der Waals surface area contributed by atoms with Crippen molar-refractivity contribution in [2.45, 2.75) is 31.9 Å². The maximum absolute atomic E-state index is 5.18. The molecule has 0 heterocycles. The predicted molar refractivity (Wildman–Crippen MR) is 42.0 cm³/mol. The van der Waals surface area contributed by atoms with Gasteiger partial charge in [0.05, 0.1) is 6.10 Å². The van der Waals surface area contributed by atoms with Gasteiger partial charge in [0.1, 0.15) is 0 Å². The second kappa shape index (κ2) is 3.35. The largest absolute Gasteiger partial charge is 0.381 e. The molecule has 1 aliphatic carbocycles. The Morgan fingerprint density at radius 1 is 1.50 bits per heavy atom. The van der Waals surface area contributed by atoms with Crippen LogP contribution in [0.5, 0.6) is 0 Å². The molecular formula is C8H17NO. The lowest BCUT2D eigenvalue weighted by atomic mass is 9.78. The lowest BCUT2D eigenvalue weighted by molar-refractivity contribution is -0.00895. The minimum absolute atomic E-state index is 0.542. The molecule has 1 saturated carbocycles. The van der Waals surface area contributed by atoms with E-state index in [0.29, 0.717) is 12.1 Å². The topological polar surface area (TPSA) is 21.3 Å². The lowest BCUT2D eigenvalue weighted by Gasteiger charge is -2.37. The molecule has 2 nitrogen and oxygen atoms in total. The molecule has 0 aromatic rings. The first kappa shape index (κ1) is 8.02. The molecular weight excluding hydrogens is 126 g/mol. The van der Waals surface area contributed by atoms with Crippen LogP contribution in [0.15, 0.2) is 0 Å². The van der Waals surface area contributed by atoms with Gasteiger partial charge in [-0.3, -0.25) is 0 Å². The van der Waals surface area contributed by atoms with Crippen LogP contribution in [0.1, 0.15) is 19.8 Å². The molecule has 60 valence electrons.